The Morgan fingerprint density at radius 3 is 3.05 bits per heavy atom. The van der Waals surface area contributed by atoms with Crippen molar-refractivity contribution in [3.8, 4) is 0 Å². The van der Waals surface area contributed by atoms with Crippen molar-refractivity contribution in [2.45, 2.75) is 25.5 Å². The molecule has 4 nitrogen and oxygen atoms in total. The summed E-state index contributed by atoms with van der Waals surface area (Å²) in [6.45, 7) is 4.60. The zero-order chi connectivity index (χ0) is 13.2. The summed E-state index contributed by atoms with van der Waals surface area (Å²) in [6, 6.07) is 8.01. The van der Waals surface area contributed by atoms with Gasteiger partial charge in [0, 0.05) is 18.2 Å². The fourth-order valence-electron chi connectivity index (χ4n) is 2.85. The summed E-state index contributed by atoms with van der Waals surface area (Å²) in [6.07, 6.45) is 0.728. The molecule has 1 fully saturated rings. The summed E-state index contributed by atoms with van der Waals surface area (Å²) in [7, 11) is 0. The first kappa shape index (κ1) is 12.6. The predicted molar refractivity (Wildman–Crippen MR) is 71.0 cm³/mol. The van der Waals surface area contributed by atoms with Crippen LogP contribution in [0.25, 0.3) is 0 Å². The second-order valence-corrected chi connectivity index (χ2v) is 5.33. The second-order valence-electron chi connectivity index (χ2n) is 5.33. The lowest BCUT2D eigenvalue weighted by molar-refractivity contribution is 0.0229. The van der Waals surface area contributed by atoms with Gasteiger partial charge in [0.15, 0.2) is 0 Å². The number of benzene rings is 1. The van der Waals surface area contributed by atoms with Crippen molar-refractivity contribution >= 4 is 5.97 Å². The molecule has 0 aliphatic carbocycles. The van der Waals surface area contributed by atoms with Crippen LogP contribution in [0, 0.1) is 5.92 Å². The number of nitrogens with one attached hydrogen (secondary N) is 1. The first-order valence-corrected chi connectivity index (χ1v) is 6.86. The van der Waals surface area contributed by atoms with E-state index in [9.17, 15) is 4.79 Å². The van der Waals surface area contributed by atoms with E-state index in [1.54, 1.807) is 0 Å². The van der Waals surface area contributed by atoms with E-state index in [1.165, 1.54) is 0 Å². The zero-order valence-electron chi connectivity index (χ0n) is 11.1. The number of fused-ring (bicyclic) bond motifs is 1. The molecule has 1 N–H and O–H groups in total. The topological polar surface area (TPSA) is 47.6 Å². The molecule has 3 rings (SSSR count). The molecular weight excluding hydrogens is 242 g/mol. The Labute approximate surface area is 113 Å². The highest BCUT2D eigenvalue weighted by molar-refractivity contribution is 5.93. The van der Waals surface area contributed by atoms with Crippen LogP contribution in [-0.4, -0.2) is 31.8 Å². The molecular formula is C15H19NO3. The van der Waals surface area contributed by atoms with Gasteiger partial charge in [-0.05, 0) is 18.4 Å². The maximum absolute atomic E-state index is 11.8. The summed E-state index contributed by atoms with van der Waals surface area (Å²) >= 11 is 0. The summed E-state index contributed by atoms with van der Waals surface area (Å²) < 4.78 is 11.0. The molecule has 3 atom stereocenters. The van der Waals surface area contributed by atoms with Crippen molar-refractivity contribution in [1.82, 2.24) is 5.32 Å². The van der Waals surface area contributed by atoms with Gasteiger partial charge in [-0.2, -0.15) is 0 Å². The van der Waals surface area contributed by atoms with E-state index in [-0.39, 0.29) is 12.1 Å². The summed E-state index contributed by atoms with van der Waals surface area (Å²) in [4.78, 5) is 11.8. The van der Waals surface area contributed by atoms with Crippen molar-refractivity contribution in [3.63, 3.8) is 0 Å². The van der Waals surface area contributed by atoms with Crippen molar-refractivity contribution in [3.05, 3.63) is 35.4 Å². The van der Waals surface area contributed by atoms with Crippen LogP contribution in [0.5, 0.6) is 0 Å². The van der Waals surface area contributed by atoms with Crippen molar-refractivity contribution in [1.29, 1.82) is 0 Å². The van der Waals surface area contributed by atoms with Gasteiger partial charge in [-0.3, -0.25) is 0 Å². The SMILES string of the molecule is CC(CC1OC(=O)c2ccccc21)C1COCCN1. The van der Waals surface area contributed by atoms with E-state index < -0.39 is 0 Å². The first-order chi connectivity index (χ1) is 9.25. The van der Waals surface area contributed by atoms with Gasteiger partial charge in [0.05, 0.1) is 18.8 Å². The van der Waals surface area contributed by atoms with Crippen LogP contribution in [0.4, 0.5) is 0 Å². The van der Waals surface area contributed by atoms with Crippen molar-refractivity contribution < 1.29 is 14.3 Å². The Morgan fingerprint density at radius 2 is 2.26 bits per heavy atom. The van der Waals surface area contributed by atoms with Crippen LogP contribution in [0.2, 0.25) is 0 Å². The van der Waals surface area contributed by atoms with Crippen LogP contribution in [0.3, 0.4) is 0 Å². The number of cyclic esters (lactones) is 1. The molecule has 2 aliphatic heterocycles. The Hall–Kier alpha value is -1.39. The third-order valence-corrected chi connectivity index (χ3v) is 4.00. The lowest BCUT2D eigenvalue weighted by Crippen LogP contribution is -2.45. The lowest BCUT2D eigenvalue weighted by atomic mass is 9.91. The smallest absolute Gasteiger partial charge is 0.339 e. The van der Waals surface area contributed by atoms with Gasteiger partial charge in [0.2, 0.25) is 0 Å². The highest BCUT2D eigenvalue weighted by Crippen LogP contribution is 2.35. The van der Waals surface area contributed by atoms with Gasteiger partial charge in [0.25, 0.3) is 0 Å². The molecule has 4 heteroatoms. The average Bonchev–Trinajstić information content (AvgIpc) is 2.77. The number of ether oxygens (including phenoxy) is 2. The summed E-state index contributed by atoms with van der Waals surface area (Å²) in [5, 5.41) is 3.46. The van der Waals surface area contributed by atoms with Gasteiger partial charge < -0.3 is 14.8 Å². The number of morpholine rings is 1. The Kier molecular flexibility index (Phi) is 3.53. The molecule has 19 heavy (non-hydrogen) atoms. The van der Waals surface area contributed by atoms with Crippen LogP contribution in [0.1, 0.15) is 35.4 Å². The van der Waals surface area contributed by atoms with E-state index in [2.05, 4.69) is 12.2 Å². The maximum Gasteiger partial charge on any atom is 0.339 e. The van der Waals surface area contributed by atoms with Crippen LogP contribution >= 0.6 is 0 Å². The van der Waals surface area contributed by atoms with Crippen molar-refractivity contribution in [2.75, 3.05) is 19.8 Å². The highest BCUT2D eigenvalue weighted by Gasteiger charge is 2.33. The Morgan fingerprint density at radius 1 is 1.42 bits per heavy atom. The molecule has 0 bridgehead atoms. The number of esters is 1. The van der Waals surface area contributed by atoms with Gasteiger partial charge >= 0.3 is 5.97 Å². The Bertz CT molecular complexity index is 468. The monoisotopic (exact) mass is 261 g/mol. The number of hydrogen-bond donors (Lipinski definition) is 1. The van der Waals surface area contributed by atoms with E-state index >= 15 is 0 Å². The van der Waals surface area contributed by atoms with Gasteiger partial charge in [-0.25, -0.2) is 4.79 Å². The number of rotatable bonds is 3. The van der Waals surface area contributed by atoms with Gasteiger partial charge in [0.1, 0.15) is 6.10 Å². The van der Waals surface area contributed by atoms with E-state index in [1.807, 2.05) is 24.3 Å². The van der Waals surface area contributed by atoms with Crippen LogP contribution < -0.4 is 5.32 Å². The molecule has 1 aromatic carbocycles. The molecule has 102 valence electrons. The molecule has 0 aromatic heterocycles. The molecule has 0 amide bonds. The van der Waals surface area contributed by atoms with Gasteiger partial charge in [-0.15, -0.1) is 0 Å². The quantitative estimate of drug-likeness (QED) is 0.844. The molecule has 1 saturated heterocycles. The predicted octanol–water partition coefficient (Wildman–Crippen LogP) is 1.91. The van der Waals surface area contributed by atoms with Crippen LogP contribution in [-0.2, 0) is 9.47 Å². The second kappa shape index (κ2) is 5.31. The third-order valence-electron chi connectivity index (χ3n) is 4.00. The number of carbonyl (C=O) groups is 1. The van der Waals surface area contributed by atoms with Gasteiger partial charge in [-0.1, -0.05) is 25.1 Å². The number of carbonyl (C=O) groups excluding carboxylic acids is 1. The van der Waals surface area contributed by atoms with E-state index in [0.29, 0.717) is 17.5 Å². The van der Waals surface area contributed by atoms with Crippen LogP contribution in [0.15, 0.2) is 24.3 Å². The molecule has 1 aromatic rings. The zero-order valence-corrected chi connectivity index (χ0v) is 11.1. The third kappa shape index (κ3) is 2.51. The lowest BCUT2D eigenvalue weighted by Gasteiger charge is -2.30. The molecule has 0 saturated carbocycles. The van der Waals surface area contributed by atoms with E-state index in [0.717, 1.165) is 31.7 Å². The standard InChI is InChI=1S/C15H19NO3/c1-10(13-9-18-7-6-16-13)8-14-11-4-2-3-5-12(11)15(17)19-14/h2-5,10,13-14,16H,6-9H2,1H3. The first-order valence-electron chi connectivity index (χ1n) is 6.86. The molecule has 2 aliphatic rings. The maximum atomic E-state index is 11.8. The largest absolute Gasteiger partial charge is 0.454 e. The minimum atomic E-state index is -0.194. The van der Waals surface area contributed by atoms with Crippen molar-refractivity contribution in [2.24, 2.45) is 5.92 Å². The molecule has 0 spiro atoms. The van der Waals surface area contributed by atoms with E-state index in [4.69, 9.17) is 9.47 Å². The minimum Gasteiger partial charge on any atom is -0.454 e. The molecule has 3 unspecified atom stereocenters. The molecule has 0 radical (unpaired) electrons. The molecule has 2 heterocycles. The average molecular weight is 261 g/mol. The summed E-state index contributed by atoms with van der Waals surface area (Å²) in [5.41, 5.74) is 1.74. The minimum absolute atomic E-state index is 0.109. The summed E-state index contributed by atoms with van der Waals surface area (Å²) in [5.74, 6) is 0.213. The number of hydrogen-bond acceptors (Lipinski definition) is 4. The highest BCUT2D eigenvalue weighted by atomic mass is 16.5. The fourth-order valence-corrected chi connectivity index (χ4v) is 2.85. The fraction of sp³-hybridized carbons (Fsp3) is 0.533. The Balaban J connectivity index is 1.69. The normalized spacial score (nSPS) is 27.7.